The maximum absolute atomic E-state index is 12.9. The van der Waals surface area contributed by atoms with Crippen LogP contribution in [-0.4, -0.2) is 35.0 Å². The molecule has 0 spiro atoms. The molecule has 0 unspecified atom stereocenters. The molecule has 1 saturated heterocycles. The number of benzene rings is 2. The number of anilines is 1. The maximum Gasteiger partial charge on any atom is 0.336 e. The fourth-order valence-electron chi connectivity index (χ4n) is 3.72. The van der Waals surface area contributed by atoms with E-state index in [2.05, 4.69) is 5.32 Å². The number of nitrogens with one attached hydrogen (secondary N) is 1. The number of nitrogens with zero attached hydrogens (tertiary/aromatic N) is 1. The summed E-state index contributed by atoms with van der Waals surface area (Å²) in [6.07, 6.45) is 7.72. The van der Waals surface area contributed by atoms with Gasteiger partial charge in [0.25, 0.3) is 11.8 Å². The van der Waals surface area contributed by atoms with Crippen LogP contribution < -0.4 is 10.2 Å². The molecule has 7 heteroatoms. The number of aromatic carboxylic acids is 1. The zero-order valence-electron chi connectivity index (χ0n) is 15.2. The molecule has 6 nitrogen and oxygen atoms in total. The number of carboxylic acids is 1. The molecule has 1 fully saturated rings. The first-order chi connectivity index (χ1) is 14.0. The number of carbonyl (C=O) groups is 3. The summed E-state index contributed by atoms with van der Waals surface area (Å²) in [6, 6.07) is 11.8. The number of halogens is 1. The van der Waals surface area contributed by atoms with E-state index in [9.17, 15) is 19.5 Å². The van der Waals surface area contributed by atoms with Crippen molar-refractivity contribution in [3.8, 4) is 0 Å². The van der Waals surface area contributed by atoms with E-state index < -0.39 is 17.9 Å². The summed E-state index contributed by atoms with van der Waals surface area (Å²) in [5.74, 6) is -2.11. The van der Waals surface area contributed by atoms with Crippen molar-refractivity contribution in [3.63, 3.8) is 0 Å². The van der Waals surface area contributed by atoms with Crippen molar-refractivity contribution in [2.75, 3.05) is 4.90 Å². The van der Waals surface area contributed by atoms with E-state index in [1.807, 2.05) is 24.3 Å². The summed E-state index contributed by atoms with van der Waals surface area (Å²) in [6.45, 7) is 0. The normalized spacial score (nSPS) is 20.6. The monoisotopic (exact) mass is 408 g/mol. The Hall–Kier alpha value is -3.38. The first-order valence-electron chi connectivity index (χ1n) is 9.04. The highest BCUT2D eigenvalue weighted by molar-refractivity contribution is 6.30. The first-order valence-corrected chi connectivity index (χ1v) is 9.42. The Balaban J connectivity index is 1.61. The van der Waals surface area contributed by atoms with Gasteiger partial charge in [-0.2, -0.15) is 0 Å². The second-order valence-corrected chi connectivity index (χ2v) is 7.26. The Morgan fingerprint density at radius 1 is 0.966 bits per heavy atom. The van der Waals surface area contributed by atoms with Crippen LogP contribution >= 0.6 is 11.6 Å². The van der Waals surface area contributed by atoms with Crippen LogP contribution in [0.3, 0.4) is 0 Å². The standard InChI is InChI=1S/C22H17ClN2O4/c23-14-9-11-15(12-10-14)25-19(13-5-1-2-6-13)18(21(25)27)24-20(26)16-7-3-4-8-17(16)22(28)29/h1-13,18-19H,(H,24,26)(H,28,29)/t18-,19-/m1/s1. The Morgan fingerprint density at radius 3 is 2.21 bits per heavy atom. The Kier molecular flexibility index (Phi) is 4.94. The van der Waals surface area contributed by atoms with Crippen LogP contribution in [0.2, 0.25) is 5.02 Å². The molecule has 0 saturated carbocycles. The fraction of sp³-hybridized carbons (Fsp3) is 0.136. The fourth-order valence-corrected chi connectivity index (χ4v) is 3.84. The molecule has 1 heterocycles. The highest BCUT2D eigenvalue weighted by atomic mass is 35.5. The van der Waals surface area contributed by atoms with Crippen molar-refractivity contribution in [1.29, 1.82) is 0 Å². The molecule has 1 aliphatic heterocycles. The van der Waals surface area contributed by atoms with Crippen molar-refractivity contribution in [2.24, 2.45) is 5.92 Å². The number of allylic oxidation sites excluding steroid dienone is 2. The maximum atomic E-state index is 12.9. The molecule has 4 rings (SSSR count). The SMILES string of the molecule is O=C(O)c1ccccc1C(=O)N[C@H]1C(=O)N(c2ccc(Cl)cc2)[C@@H]1C1C=CC=C1. The van der Waals surface area contributed by atoms with Crippen molar-refractivity contribution >= 4 is 35.1 Å². The molecule has 2 aromatic carbocycles. The second-order valence-electron chi connectivity index (χ2n) is 6.82. The summed E-state index contributed by atoms with van der Waals surface area (Å²) in [5, 5.41) is 12.6. The van der Waals surface area contributed by atoms with Gasteiger partial charge in [0.2, 0.25) is 0 Å². The number of hydrogen-bond acceptors (Lipinski definition) is 3. The van der Waals surface area contributed by atoms with E-state index in [4.69, 9.17) is 11.6 Å². The van der Waals surface area contributed by atoms with Crippen molar-refractivity contribution in [3.05, 3.63) is 89.0 Å². The average molecular weight is 409 g/mol. The van der Waals surface area contributed by atoms with Gasteiger partial charge < -0.3 is 15.3 Å². The zero-order valence-corrected chi connectivity index (χ0v) is 15.9. The third-order valence-corrected chi connectivity index (χ3v) is 5.36. The smallest absolute Gasteiger partial charge is 0.336 e. The van der Waals surface area contributed by atoms with Gasteiger partial charge in [-0.25, -0.2) is 4.79 Å². The van der Waals surface area contributed by atoms with Crippen LogP contribution in [0.4, 0.5) is 5.69 Å². The number of amides is 2. The Bertz CT molecular complexity index is 1030. The van der Waals surface area contributed by atoms with E-state index in [1.165, 1.54) is 12.1 Å². The molecular formula is C22H17ClN2O4. The van der Waals surface area contributed by atoms with Gasteiger partial charge in [0.05, 0.1) is 17.2 Å². The topological polar surface area (TPSA) is 86.7 Å². The van der Waals surface area contributed by atoms with Gasteiger partial charge in [0.1, 0.15) is 6.04 Å². The molecule has 2 N–H and O–H groups in total. The van der Waals surface area contributed by atoms with E-state index in [1.54, 1.807) is 41.3 Å². The number of carboxylic acid groups (broad SMARTS) is 1. The van der Waals surface area contributed by atoms with Gasteiger partial charge in [0, 0.05) is 16.6 Å². The Morgan fingerprint density at radius 2 is 1.59 bits per heavy atom. The number of carbonyl (C=O) groups excluding carboxylic acids is 2. The highest BCUT2D eigenvalue weighted by Gasteiger charge is 2.51. The van der Waals surface area contributed by atoms with Gasteiger partial charge in [-0.15, -0.1) is 0 Å². The minimum Gasteiger partial charge on any atom is -0.478 e. The lowest BCUT2D eigenvalue weighted by Gasteiger charge is -2.49. The molecular weight excluding hydrogens is 392 g/mol. The summed E-state index contributed by atoms with van der Waals surface area (Å²) >= 11 is 5.95. The first kappa shape index (κ1) is 19.0. The van der Waals surface area contributed by atoms with Crippen LogP contribution in [0.1, 0.15) is 20.7 Å². The van der Waals surface area contributed by atoms with E-state index >= 15 is 0 Å². The van der Waals surface area contributed by atoms with E-state index in [0.717, 1.165) is 0 Å². The quantitative estimate of drug-likeness (QED) is 0.743. The van der Waals surface area contributed by atoms with E-state index in [0.29, 0.717) is 10.7 Å². The van der Waals surface area contributed by atoms with Crippen molar-refractivity contribution < 1.29 is 19.5 Å². The lowest BCUT2D eigenvalue weighted by Crippen LogP contribution is -2.73. The van der Waals surface area contributed by atoms with Gasteiger partial charge in [-0.1, -0.05) is 48.0 Å². The largest absolute Gasteiger partial charge is 0.478 e. The molecule has 2 aromatic rings. The summed E-state index contributed by atoms with van der Waals surface area (Å²) < 4.78 is 0. The minimum atomic E-state index is -1.20. The van der Waals surface area contributed by atoms with Crippen LogP contribution in [-0.2, 0) is 4.79 Å². The van der Waals surface area contributed by atoms with Crippen LogP contribution in [0.25, 0.3) is 0 Å². The third kappa shape index (κ3) is 3.43. The van der Waals surface area contributed by atoms with Crippen LogP contribution in [0.5, 0.6) is 0 Å². The molecule has 2 amide bonds. The third-order valence-electron chi connectivity index (χ3n) is 5.11. The van der Waals surface area contributed by atoms with Gasteiger partial charge in [0.15, 0.2) is 0 Å². The number of β-lactam (4-membered cyclic amide) rings is 1. The Labute approximate surface area is 172 Å². The van der Waals surface area contributed by atoms with Gasteiger partial charge in [-0.05, 0) is 36.4 Å². The second kappa shape index (κ2) is 7.56. The number of rotatable bonds is 5. The van der Waals surface area contributed by atoms with Crippen molar-refractivity contribution in [2.45, 2.75) is 12.1 Å². The lowest BCUT2D eigenvalue weighted by molar-refractivity contribution is -0.127. The van der Waals surface area contributed by atoms with Gasteiger partial charge >= 0.3 is 5.97 Å². The predicted octanol–water partition coefficient (Wildman–Crippen LogP) is 3.29. The summed E-state index contributed by atoms with van der Waals surface area (Å²) in [5.41, 5.74) is 0.604. The average Bonchev–Trinajstić information content (AvgIpc) is 3.24. The van der Waals surface area contributed by atoms with E-state index in [-0.39, 0.29) is 29.0 Å². The molecule has 0 radical (unpaired) electrons. The molecule has 29 heavy (non-hydrogen) atoms. The number of hydrogen-bond donors (Lipinski definition) is 2. The van der Waals surface area contributed by atoms with Crippen molar-refractivity contribution in [1.82, 2.24) is 5.32 Å². The summed E-state index contributed by atoms with van der Waals surface area (Å²) in [4.78, 5) is 38.7. The van der Waals surface area contributed by atoms with Gasteiger partial charge in [-0.3, -0.25) is 9.59 Å². The molecule has 2 aliphatic rings. The predicted molar refractivity (Wildman–Crippen MR) is 109 cm³/mol. The lowest BCUT2D eigenvalue weighted by atomic mass is 9.83. The molecule has 0 aromatic heterocycles. The van der Waals surface area contributed by atoms with Crippen LogP contribution in [0, 0.1) is 5.92 Å². The zero-order chi connectivity index (χ0) is 20.5. The molecule has 2 atom stereocenters. The molecule has 0 bridgehead atoms. The summed E-state index contributed by atoms with van der Waals surface area (Å²) in [7, 11) is 0. The highest BCUT2D eigenvalue weighted by Crippen LogP contribution is 2.35. The minimum absolute atomic E-state index is 0.0222. The molecule has 1 aliphatic carbocycles. The van der Waals surface area contributed by atoms with Crippen LogP contribution in [0.15, 0.2) is 72.8 Å². The molecule has 146 valence electrons.